The van der Waals surface area contributed by atoms with Crippen LogP contribution in [-0.4, -0.2) is 44.1 Å². The molecular formula is C11H22ClNO. The number of methoxy groups -OCH3 is 1. The van der Waals surface area contributed by atoms with Gasteiger partial charge in [-0.25, -0.2) is 0 Å². The van der Waals surface area contributed by atoms with Crippen molar-refractivity contribution in [2.75, 3.05) is 39.2 Å². The number of ether oxygens (including phenoxy) is 1. The standard InChI is InChI=1S/C11H22ClNO/c1-14-8-3-2-6-13-7-4-5-11(9-12)10-13/h11H,2-10H2,1H3. The molecule has 0 amide bonds. The van der Waals surface area contributed by atoms with E-state index in [9.17, 15) is 0 Å². The van der Waals surface area contributed by atoms with Crippen LogP contribution in [0.3, 0.4) is 0 Å². The lowest BCUT2D eigenvalue weighted by molar-refractivity contribution is 0.162. The maximum absolute atomic E-state index is 5.88. The van der Waals surface area contributed by atoms with Crippen molar-refractivity contribution in [3.8, 4) is 0 Å². The van der Waals surface area contributed by atoms with E-state index in [1.807, 2.05) is 0 Å². The molecule has 0 radical (unpaired) electrons. The van der Waals surface area contributed by atoms with Crippen LogP contribution in [0.1, 0.15) is 25.7 Å². The van der Waals surface area contributed by atoms with Crippen LogP contribution in [0.2, 0.25) is 0 Å². The van der Waals surface area contributed by atoms with Crippen LogP contribution >= 0.6 is 11.6 Å². The molecule has 1 fully saturated rings. The van der Waals surface area contributed by atoms with Gasteiger partial charge in [-0.15, -0.1) is 11.6 Å². The van der Waals surface area contributed by atoms with Gasteiger partial charge in [0.1, 0.15) is 0 Å². The fourth-order valence-corrected chi connectivity index (χ4v) is 2.31. The van der Waals surface area contributed by atoms with Crippen molar-refractivity contribution in [3.05, 3.63) is 0 Å². The van der Waals surface area contributed by atoms with Gasteiger partial charge in [-0.1, -0.05) is 0 Å². The topological polar surface area (TPSA) is 12.5 Å². The Balaban J connectivity index is 2.05. The highest BCUT2D eigenvalue weighted by Crippen LogP contribution is 2.17. The molecule has 1 heterocycles. The highest BCUT2D eigenvalue weighted by molar-refractivity contribution is 6.18. The van der Waals surface area contributed by atoms with Crippen LogP contribution in [0, 0.1) is 5.92 Å². The number of hydrogen-bond acceptors (Lipinski definition) is 2. The van der Waals surface area contributed by atoms with Crippen LogP contribution in [0.5, 0.6) is 0 Å². The molecule has 14 heavy (non-hydrogen) atoms. The first-order valence-electron chi connectivity index (χ1n) is 5.64. The molecule has 1 saturated heterocycles. The third-order valence-electron chi connectivity index (χ3n) is 2.89. The van der Waals surface area contributed by atoms with Crippen molar-refractivity contribution in [2.24, 2.45) is 5.92 Å². The van der Waals surface area contributed by atoms with E-state index in [0.29, 0.717) is 0 Å². The van der Waals surface area contributed by atoms with Crippen molar-refractivity contribution in [1.29, 1.82) is 0 Å². The molecule has 0 aromatic carbocycles. The van der Waals surface area contributed by atoms with Crippen LogP contribution in [0.15, 0.2) is 0 Å². The molecule has 2 nitrogen and oxygen atoms in total. The van der Waals surface area contributed by atoms with Crippen LogP contribution in [0.25, 0.3) is 0 Å². The minimum absolute atomic E-state index is 0.729. The Morgan fingerprint density at radius 1 is 1.43 bits per heavy atom. The van der Waals surface area contributed by atoms with Crippen LogP contribution < -0.4 is 0 Å². The molecule has 1 unspecified atom stereocenters. The van der Waals surface area contributed by atoms with E-state index in [0.717, 1.165) is 18.4 Å². The third-order valence-corrected chi connectivity index (χ3v) is 3.33. The molecule has 0 aliphatic carbocycles. The van der Waals surface area contributed by atoms with Crippen molar-refractivity contribution in [2.45, 2.75) is 25.7 Å². The summed E-state index contributed by atoms with van der Waals surface area (Å²) < 4.78 is 5.03. The summed E-state index contributed by atoms with van der Waals surface area (Å²) in [6, 6.07) is 0. The molecule has 0 spiro atoms. The van der Waals surface area contributed by atoms with E-state index in [2.05, 4.69) is 4.90 Å². The molecular weight excluding hydrogens is 198 g/mol. The lowest BCUT2D eigenvalue weighted by Gasteiger charge is -2.31. The predicted octanol–water partition coefficient (Wildman–Crippen LogP) is 2.36. The Morgan fingerprint density at radius 3 is 3.00 bits per heavy atom. The van der Waals surface area contributed by atoms with Crippen molar-refractivity contribution >= 4 is 11.6 Å². The van der Waals surface area contributed by atoms with E-state index in [-0.39, 0.29) is 0 Å². The number of piperidine rings is 1. The van der Waals surface area contributed by atoms with Crippen molar-refractivity contribution in [3.63, 3.8) is 0 Å². The van der Waals surface area contributed by atoms with Gasteiger partial charge in [0, 0.05) is 26.1 Å². The van der Waals surface area contributed by atoms with E-state index >= 15 is 0 Å². The Bertz CT molecular complexity index is 143. The number of unbranched alkanes of at least 4 members (excludes halogenated alkanes) is 1. The van der Waals surface area contributed by atoms with Gasteiger partial charge in [0.15, 0.2) is 0 Å². The van der Waals surface area contributed by atoms with Gasteiger partial charge in [-0.2, -0.15) is 0 Å². The number of nitrogens with zero attached hydrogens (tertiary/aromatic N) is 1. The van der Waals surface area contributed by atoms with Gasteiger partial charge >= 0.3 is 0 Å². The van der Waals surface area contributed by atoms with Gasteiger partial charge in [-0.3, -0.25) is 0 Å². The fraction of sp³-hybridized carbons (Fsp3) is 1.00. The van der Waals surface area contributed by atoms with Crippen LogP contribution in [-0.2, 0) is 4.74 Å². The maximum atomic E-state index is 5.88. The third kappa shape index (κ3) is 4.63. The van der Waals surface area contributed by atoms with Gasteiger partial charge in [0.25, 0.3) is 0 Å². The highest BCUT2D eigenvalue weighted by atomic mass is 35.5. The normalized spacial score (nSPS) is 24.0. The molecule has 1 aliphatic rings. The smallest absolute Gasteiger partial charge is 0.0462 e. The summed E-state index contributed by atoms with van der Waals surface area (Å²) in [5.74, 6) is 1.56. The monoisotopic (exact) mass is 219 g/mol. The van der Waals surface area contributed by atoms with Gasteiger partial charge < -0.3 is 9.64 Å². The first-order valence-corrected chi connectivity index (χ1v) is 6.17. The second-order valence-electron chi connectivity index (χ2n) is 4.16. The Morgan fingerprint density at radius 2 is 2.29 bits per heavy atom. The molecule has 1 aliphatic heterocycles. The zero-order valence-electron chi connectivity index (χ0n) is 9.17. The Kier molecular flexibility index (Phi) is 6.57. The Hall–Kier alpha value is 0.210. The summed E-state index contributed by atoms with van der Waals surface area (Å²) in [7, 11) is 1.77. The number of likely N-dealkylation sites (tertiary alicyclic amines) is 1. The zero-order chi connectivity index (χ0) is 10.2. The molecule has 0 aromatic heterocycles. The molecule has 3 heteroatoms. The fourth-order valence-electron chi connectivity index (χ4n) is 2.06. The number of alkyl halides is 1. The summed E-state index contributed by atoms with van der Waals surface area (Å²) in [4.78, 5) is 2.55. The molecule has 1 atom stereocenters. The SMILES string of the molecule is COCCCCN1CCCC(CCl)C1. The maximum Gasteiger partial charge on any atom is 0.0462 e. The largest absolute Gasteiger partial charge is 0.385 e. The minimum Gasteiger partial charge on any atom is -0.385 e. The van der Waals surface area contributed by atoms with Crippen molar-refractivity contribution in [1.82, 2.24) is 4.90 Å². The van der Waals surface area contributed by atoms with Gasteiger partial charge in [0.2, 0.25) is 0 Å². The van der Waals surface area contributed by atoms with Crippen LogP contribution in [0.4, 0.5) is 0 Å². The minimum atomic E-state index is 0.729. The molecule has 1 rings (SSSR count). The number of hydrogen-bond donors (Lipinski definition) is 0. The summed E-state index contributed by atoms with van der Waals surface area (Å²) >= 11 is 5.88. The molecule has 84 valence electrons. The lowest BCUT2D eigenvalue weighted by atomic mass is 10.00. The number of halogens is 1. The van der Waals surface area contributed by atoms with E-state index in [1.165, 1.54) is 45.3 Å². The second-order valence-corrected chi connectivity index (χ2v) is 4.47. The average Bonchev–Trinajstić information content (AvgIpc) is 2.25. The summed E-state index contributed by atoms with van der Waals surface area (Å²) in [6.07, 6.45) is 5.07. The summed E-state index contributed by atoms with van der Waals surface area (Å²) in [5.41, 5.74) is 0. The summed E-state index contributed by atoms with van der Waals surface area (Å²) in [5, 5.41) is 0. The predicted molar refractivity (Wildman–Crippen MR) is 61.0 cm³/mol. The molecule has 0 N–H and O–H groups in total. The first-order chi connectivity index (χ1) is 6.86. The molecule has 0 saturated carbocycles. The first kappa shape index (κ1) is 12.3. The van der Waals surface area contributed by atoms with Crippen molar-refractivity contribution < 1.29 is 4.74 Å². The average molecular weight is 220 g/mol. The molecule has 0 aromatic rings. The lowest BCUT2D eigenvalue weighted by Crippen LogP contribution is -2.36. The van der Waals surface area contributed by atoms with Gasteiger partial charge in [-0.05, 0) is 44.7 Å². The number of rotatable bonds is 6. The van der Waals surface area contributed by atoms with E-state index < -0.39 is 0 Å². The van der Waals surface area contributed by atoms with E-state index in [4.69, 9.17) is 16.3 Å². The zero-order valence-corrected chi connectivity index (χ0v) is 9.93. The second kappa shape index (κ2) is 7.49. The molecule has 0 bridgehead atoms. The van der Waals surface area contributed by atoms with Gasteiger partial charge in [0.05, 0.1) is 0 Å². The Labute approximate surface area is 92.6 Å². The highest BCUT2D eigenvalue weighted by Gasteiger charge is 2.18. The summed E-state index contributed by atoms with van der Waals surface area (Å²) in [6.45, 7) is 4.58. The quantitative estimate of drug-likeness (QED) is 0.503. The van der Waals surface area contributed by atoms with E-state index in [1.54, 1.807) is 7.11 Å².